The van der Waals surface area contributed by atoms with Crippen LogP contribution in [0.25, 0.3) is 11.3 Å². The van der Waals surface area contributed by atoms with Gasteiger partial charge in [-0.2, -0.15) is 0 Å². The maximum atomic E-state index is 13.5. The molecule has 0 saturated heterocycles. The van der Waals surface area contributed by atoms with Gasteiger partial charge in [0.05, 0.1) is 12.7 Å². The third-order valence-electron chi connectivity index (χ3n) is 2.38. The van der Waals surface area contributed by atoms with Crippen molar-refractivity contribution in [2.45, 2.75) is 0 Å². The number of hydrogen-bond acceptors (Lipinski definition) is 4. The van der Waals surface area contributed by atoms with Crippen molar-refractivity contribution < 1.29 is 13.9 Å². The van der Waals surface area contributed by atoms with Crippen molar-refractivity contribution in [3.8, 4) is 11.3 Å². The Bertz CT molecular complexity index is 593. The van der Waals surface area contributed by atoms with Crippen LogP contribution in [0.4, 0.5) is 4.39 Å². The molecule has 2 rings (SSSR count). The molecule has 2 aromatic rings. The van der Waals surface area contributed by atoms with Crippen LogP contribution in [0.15, 0.2) is 22.8 Å². The molecule has 0 unspecified atom stereocenters. The van der Waals surface area contributed by atoms with E-state index in [4.69, 9.17) is 0 Å². The van der Waals surface area contributed by atoms with Crippen LogP contribution in [0.2, 0.25) is 0 Å². The molecule has 0 aliphatic carbocycles. The van der Waals surface area contributed by atoms with E-state index in [-0.39, 0.29) is 5.56 Å². The van der Waals surface area contributed by atoms with Gasteiger partial charge in [-0.3, -0.25) is 0 Å². The number of nitrogens with zero attached hydrogens (tertiary/aromatic N) is 3. The summed E-state index contributed by atoms with van der Waals surface area (Å²) in [5.74, 6) is -1.12. The zero-order chi connectivity index (χ0) is 13.3. The summed E-state index contributed by atoms with van der Waals surface area (Å²) in [6.45, 7) is 0. The van der Waals surface area contributed by atoms with Gasteiger partial charge in [0.1, 0.15) is 11.5 Å². The highest BCUT2D eigenvalue weighted by Gasteiger charge is 2.15. The Hall–Kier alpha value is -1.76. The molecule has 0 aliphatic rings. The third-order valence-corrected chi connectivity index (χ3v) is 2.91. The molecule has 0 amide bonds. The molecule has 18 heavy (non-hydrogen) atoms. The van der Waals surface area contributed by atoms with Crippen LogP contribution < -0.4 is 0 Å². The highest BCUT2D eigenvalue weighted by atomic mass is 79.9. The van der Waals surface area contributed by atoms with Crippen LogP contribution in [-0.4, -0.2) is 28.1 Å². The fourth-order valence-corrected chi connectivity index (χ4v) is 2.16. The maximum Gasteiger partial charge on any atom is 0.337 e. The molecule has 1 aromatic carbocycles. The summed E-state index contributed by atoms with van der Waals surface area (Å²) in [6.07, 6.45) is 0. The normalized spacial score (nSPS) is 10.4. The zero-order valence-electron chi connectivity index (χ0n) is 9.65. The van der Waals surface area contributed by atoms with E-state index in [1.165, 1.54) is 23.9 Å². The third kappa shape index (κ3) is 2.26. The average molecular weight is 314 g/mol. The molecule has 0 radical (unpaired) electrons. The first-order valence-electron chi connectivity index (χ1n) is 4.97. The lowest BCUT2D eigenvalue weighted by molar-refractivity contribution is 0.0600. The van der Waals surface area contributed by atoms with Gasteiger partial charge in [0, 0.05) is 12.6 Å². The largest absolute Gasteiger partial charge is 0.465 e. The van der Waals surface area contributed by atoms with E-state index in [0.29, 0.717) is 15.9 Å². The van der Waals surface area contributed by atoms with E-state index >= 15 is 0 Å². The molecule has 0 fully saturated rings. The fraction of sp³-hybridized carbons (Fsp3) is 0.182. The number of esters is 1. The van der Waals surface area contributed by atoms with Crippen LogP contribution in [0, 0.1) is 5.82 Å². The summed E-state index contributed by atoms with van der Waals surface area (Å²) in [5, 5.41) is 7.61. The van der Waals surface area contributed by atoms with Crippen molar-refractivity contribution in [1.29, 1.82) is 0 Å². The predicted octanol–water partition coefficient (Wildman–Crippen LogP) is 2.17. The second-order valence-electron chi connectivity index (χ2n) is 3.57. The molecule has 94 valence electrons. The minimum Gasteiger partial charge on any atom is -0.465 e. The number of aromatic nitrogens is 3. The second-order valence-corrected chi connectivity index (χ2v) is 4.32. The van der Waals surface area contributed by atoms with E-state index < -0.39 is 11.8 Å². The van der Waals surface area contributed by atoms with Gasteiger partial charge in [0.25, 0.3) is 0 Å². The van der Waals surface area contributed by atoms with Crippen LogP contribution in [0.3, 0.4) is 0 Å². The second kappa shape index (κ2) is 4.85. The van der Waals surface area contributed by atoms with Gasteiger partial charge in [-0.05, 0) is 34.1 Å². The molecule has 0 atom stereocenters. The van der Waals surface area contributed by atoms with Gasteiger partial charge >= 0.3 is 5.97 Å². The van der Waals surface area contributed by atoms with Crippen molar-refractivity contribution in [2.75, 3.05) is 7.11 Å². The Morgan fingerprint density at radius 1 is 1.44 bits per heavy atom. The van der Waals surface area contributed by atoms with Crippen molar-refractivity contribution in [1.82, 2.24) is 15.0 Å². The molecule has 0 N–H and O–H groups in total. The number of halogens is 2. The van der Waals surface area contributed by atoms with Crippen molar-refractivity contribution in [3.63, 3.8) is 0 Å². The monoisotopic (exact) mass is 313 g/mol. The standard InChI is InChI=1S/C11H9BrFN3O2/c1-16-9(10(12)14-15-16)6-3-7(11(17)18-2)5-8(13)4-6/h3-5H,1-2H3. The van der Waals surface area contributed by atoms with E-state index in [9.17, 15) is 9.18 Å². The van der Waals surface area contributed by atoms with Gasteiger partial charge in [0.15, 0.2) is 4.60 Å². The zero-order valence-corrected chi connectivity index (χ0v) is 11.2. The topological polar surface area (TPSA) is 57.0 Å². The first-order valence-corrected chi connectivity index (χ1v) is 5.76. The van der Waals surface area contributed by atoms with Gasteiger partial charge in [-0.25, -0.2) is 13.9 Å². The Balaban J connectivity index is 2.59. The summed E-state index contributed by atoms with van der Waals surface area (Å²) in [4.78, 5) is 11.4. The number of aryl methyl sites for hydroxylation is 1. The number of benzene rings is 1. The molecular weight excluding hydrogens is 305 g/mol. The fourth-order valence-electron chi connectivity index (χ4n) is 1.60. The molecule has 1 aromatic heterocycles. The van der Waals surface area contributed by atoms with Crippen molar-refractivity contribution >= 4 is 21.9 Å². The van der Waals surface area contributed by atoms with Gasteiger partial charge < -0.3 is 4.74 Å². The Kier molecular flexibility index (Phi) is 3.42. The van der Waals surface area contributed by atoms with Crippen LogP contribution >= 0.6 is 15.9 Å². The number of methoxy groups -OCH3 is 1. The first-order chi connectivity index (χ1) is 8.52. The minimum atomic E-state index is -0.595. The molecule has 7 heteroatoms. The number of carbonyl (C=O) groups is 1. The Morgan fingerprint density at radius 3 is 2.72 bits per heavy atom. The van der Waals surface area contributed by atoms with Crippen LogP contribution in [-0.2, 0) is 11.8 Å². The first kappa shape index (κ1) is 12.7. The smallest absolute Gasteiger partial charge is 0.337 e. The lowest BCUT2D eigenvalue weighted by atomic mass is 10.1. The summed E-state index contributed by atoms with van der Waals surface area (Å²) < 4.78 is 20.0. The summed E-state index contributed by atoms with van der Waals surface area (Å²) in [7, 11) is 2.92. The highest BCUT2D eigenvalue weighted by molar-refractivity contribution is 9.10. The van der Waals surface area contributed by atoms with E-state index in [1.807, 2.05) is 0 Å². The van der Waals surface area contributed by atoms with Crippen LogP contribution in [0.1, 0.15) is 10.4 Å². The summed E-state index contributed by atoms with van der Waals surface area (Å²) in [6, 6.07) is 3.95. The lowest BCUT2D eigenvalue weighted by Crippen LogP contribution is -2.03. The minimum absolute atomic E-state index is 0.139. The Morgan fingerprint density at radius 2 is 2.17 bits per heavy atom. The van der Waals surface area contributed by atoms with Crippen molar-refractivity contribution in [2.24, 2.45) is 7.05 Å². The summed E-state index contributed by atoms with van der Waals surface area (Å²) >= 11 is 3.22. The van der Waals surface area contributed by atoms with Gasteiger partial charge in [-0.15, -0.1) is 5.10 Å². The van der Waals surface area contributed by atoms with Gasteiger partial charge in [-0.1, -0.05) is 5.21 Å². The molecule has 0 saturated carbocycles. The molecular formula is C11H9BrFN3O2. The Labute approximate surface area is 111 Å². The molecule has 0 bridgehead atoms. The van der Waals surface area contributed by atoms with Crippen molar-refractivity contribution in [3.05, 3.63) is 34.2 Å². The average Bonchev–Trinajstić information content (AvgIpc) is 2.67. The number of hydrogen-bond donors (Lipinski definition) is 0. The quantitative estimate of drug-likeness (QED) is 0.797. The lowest BCUT2D eigenvalue weighted by Gasteiger charge is -2.05. The molecule has 5 nitrogen and oxygen atoms in total. The van der Waals surface area contributed by atoms with E-state index in [2.05, 4.69) is 31.0 Å². The number of carbonyl (C=O) groups excluding carboxylic acids is 1. The molecule has 1 heterocycles. The van der Waals surface area contributed by atoms with E-state index in [0.717, 1.165) is 6.07 Å². The number of rotatable bonds is 2. The predicted molar refractivity (Wildman–Crippen MR) is 65.4 cm³/mol. The maximum absolute atomic E-state index is 13.5. The number of ether oxygens (including phenoxy) is 1. The summed E-state index contributed by atoms with van der Waals surface area (Å²) in [5.41, 5.74) is 1.22. The molecule has 0 spiro atoms. The van der Waals surface area contributed by atoms with Gasteiger partial charge in [0.2, 0.25) is 0 Å². The SMILES string of the molecule is COC(=O)c1cc(F)cc(-c2c(Br)nnn2C)c1. The van der Waals surface area contributed by atoms with Crippen LogP contribution in [0.5, 0.6) is 0 Å². The highest BCUT2D eigenvalue weighted by Crippen LogP contribution is 2.27. The molecule has 0 aliphatic heterocycles. The van der Waals surface area contributed by atoms with E-state index in [1.54, 1.807) is 7.05 Å².